The Kier molecular flexibility index (Phi) is 19.5. The molecule has 1 aromatic carbocycles. The van der Waals surface area contributed by atoms with E-state index in [0.717, 1.165) is 61.0 Å². The zero-order valence-electron chi connectivity index (χ0n) is 36.8. The molecule has 3 aliphatic heterocycles. The number of aliphatic hydroxyl groups is 2. The normalized spacial score (nSPS) is 32.1. The largest absolute Gasteiger partial charge is 0.463 e. The van der Waals surface area contributed by atoms with Crippen molar-refractivity contribution in [3.8, 4) is 0 Å². The summed E-state index contributed by atoms with van der Waals surface area (Å²) in [5, 5.41) is 21.6. The van der Waals surface area contributed by atoms with Crippen LogP contribution in [0.2, 0.25) is 0 Å². The molecule has 0 aromatic heterocycles. The summed E-state index contributed by atoms with van der Waals surface area (Å²) in [6.07, 6.45) is -26.4. The minimum atomic E-state index is -2.00. The molecule has 3 heterocycles. The van der Waals surface area contributed by atoms with E-state index in [0.29, 0.717) is 0 Å². The monoisotopic (exact) mass is 930 g/mol. The molecule has 15 atom stereocenters. The Morgan fingerprint density at radius 2 is 0.862 bits per heavy atom. The third-order valence-corrected chi connectivity index (χ3v) is 9.51. The molecule has 24 heteroatoms. The predicted octanol–water partition coefficient (Wildman–Crippen LogP) is -0.782. The second-order valence-electron chi connectivity index (χ2n) is 14.9. The molecule has 0 unspecified atom stereocenters. The van der Waals surface area contributed by atoms with Gasteiger partial charge in [0.25, 0.3) is 0 Å². The standard InChI is InChI=1S/C41H54O24/c1-18(43)53-17-29-32(33(56-21(4)46)36(39(51)61-29)58-23(6)48)64-40-38(60-25(8)50)35(30(54-19(2)44)27(14-42)62-40)65-41-37(59-24(7)49)34(57-22(5)47)31(55-20(3)45)28(63-41)16-52-15-26-12-10-9-11-13-26/h9-13,27-42,51H,14-17H2,1-8H3/t27-,28-,29-,30+,31+,32-,33+,34+,35+,36-,37-,38-,39-,40+,41+/m1/s1. The van der Waals surface area contributed by atoms with E-state index in [2.05, 4.69) is 0 Å². The minimum Gasteiger partial charge on any atom is -0.463 e. The molecule has 362 valence electrons. The average Bonchev–Trinajstić information content (AvgIpc) is 3.20. The second kappa shape index (κ2) is 24.3. The molecule has 3 fully saturated rings. The first-order valence-corrected chi connectivity index (χ1v) is 20.2. The molecule has 2 N–H and O–H groups in total. The molecule has 3 saturated heterocycles. The summed E-state index contributed by atoms with van der Waals surface area (Å²) in [7, 11) is 0. The van der Waals surface area contributed by atoms with Gasteiger partial charge in [0.05, 0.1) is 19.8 Å². The van der Waals surface area contributed by atoms with Crippen molar-refractivity contribution in [2.75, 3.05) is 19.8 Å². The number of carbonyl (C=O) groups excluding carboxylic acids is 8. The van der Waals surface area contributed by atoms with Crippen LogP contribution in [-0.2, 0) is 111 Å². The summed E-state index contributed by atoms with van der Waals surface area (Å²) >= 11 is 0. The Balaban J connectivity index is 1.87. The molecule has 3 aliphatic rings. The molecule has 0 amide bonds. The average molecular weight is 931 g/mol. The Morgan fingerprint density at radius 3 is 1.35 bits per heavy atom. The van der Waals surface area contributed by atoms with Gasteiger partial charge in [0, 0.05) is 55.4 Å². The van der Waals surface area contributed by atoms with Crippen LogP contribution in [0.4, 0.5) is 0 Å². The highest BCUT2D eigenvalue weighted by atomic mass is 16.8. The van der Waals surface area contributed by atoms with Crippen LogP contribution in [-0.4, -0.2) is 170 Å². The van der Waals surface area contributed by atoms with Crippen molar-refractivity contribution in [2.45, 2.75) is 154 Å². The number of hydrogen-bond acceptors (Lipinski definition) is 24. The van der Waals surface area contributed by atoms with Crippen molar-refractivity contribution >= 4 is 47.8 Å². The van der Waals surface area contributed by atoms with Crippen molar-refractivity contribution in [3.05, 3.63) is 35.9 Å². The zero-order valence-corrected chi connectivity index (χ0v) is 36.8. The van der Waals surface area contributed by atoms with Crippen LogP contribution in [0.25, 0.3) is 0 Å². The number of carbonyl (C=O) groups is 8. The quantitative estimate of drug-likeness (QED) is 0.135. The number of rotatable bonds is 18. The summed E-state index contributed by atoms with van der Waals surface area (Å²) in [6.45, 7) is 6.07. The van der Waals surface area contributed by atoms with Crippen LogP contribution in [0.5, 0.6) is 0 Å². The molecular formula is C41H54O24. The van der Waals surface area contributed by atoms with E-state index >= 15 is 0 Å². The fourth-order valence-electron chi connectivity index (χ4n) is 7.25. The zero-order chi connectivity index (χ0) is 48.1. The van der Waals surface area contributed by atoms with Crippen LogP contribution < -0.4 is 0 Å². The molecule has 0 aliphatic carbocycles. The minimum absolute atomic E-state index is 0.0118. The van der Waals surface area contributed by atoms with E-state index in [4.69, 9.17) is 66.3 Å². The third-order valence-electron chi connectivity index (χ3n) is 9.51. The smallest absolute Gasteiger partial charge is 0.303 e. The van der Waals surface area contributed by atoms with Gasteiger partial charge < -0.3 is 76.5 Å². The van der Waals surface area contributed by atoms with Crippen LogP contribution in [0, 0.1) is 0 Å². The van der Waals surface area contributed by atoms with E-state index in [1.807, 2.05) is 0 Å². The maximum Gasteiger partial charge on any atom is 0.303 e. The lowest BCUT2D eigenvalue weighted by atomic mass is 9.95. The van der Waals surface area contributed by atoms with E-state index in [1.165, 1.54) is 0 Å². The summed E-state index contributed by atoms with van der Waals surface area (Å²) in [4.78, 5) is 100. The molecule has 65 heavy (non-hydrogen) atoms. The van der Waals surface area contributed by atoms with E-state index in [9.17, 15) is 48.6 Å². The highest BCUT2D eigenvalue weighted by molar-refractivity contribution is 5.69. The fourth-order valence-corrected chi connectivity index (χ4v) is 7.25. The summed E-state index contributed by atoms with van der Waals surface area (Å²) in [6, 6.07) is 8.87. The van der Waals surface area contributed by atoms with Gasteiger partial charge in [0.15, 0.2) is 61.6 Å². The van der Waals surface area contributed by atoms with Gasteiger partial charge in [0.2, 0.25) is 0 Å². The predicted molar refractivity (Wildman–Crippen MR) is 207 cm³/mol. The SMILES string of the molecule is CC(=O)OC[C@H]1O[C@@H](O)[C@H](OC(C)=O)[C@@H](OC(C)=O)[C@@H]1O[C@@H]1O[C@H](CO)[C@H](OC(C)=O)[C@H](O[C@@H]2O[C@H](COCc3ccccc3)[C@H](OC(C)=O)[C@H](OC(C)=O)[C@H]2OC(C)=O)[C@H]1OC(C)=O. The van der Waals surface area contributed by atoms with Crippen molar-refractivity contribution in [3.63, 3.8) is 0 Å². The Bertz CT molecular complexity index is 1820. The van der Waals surface area contributed by atoms with Gasteiger partial charge in [-0.1, -0.05) is 30.3 Å². The second-order valence-corrected chi connectivity index (χ2v) is 14.9. The third kappa shape index (κ3) is 15.1. The van der Waals surface area contributed by atoms with Gasteiger partial charge >= 0.3 is 47.8 Å². The lowest BCUT2D eigenvalue weighted by Gasteiger charge is -2.50. The van der Waals surface area contributed by atoms with Crippen molar-refractivity contribution in [1.82, 2.24) is 0 Å². The first-order chi connectivity index (χ1) is 30.7. The van der Waals surface area contributed by atoms with E-state index < -0.39 is 153 Å². The van der Waals surface area contributed by atoms with Crippen LogP contribution in [0.3, 0.4) is 0 Å². The Labute approximate surface area is 372 Å². The lowest BCUT2D eigenvalue weighted by Crippen LogP contribution is -2.69. The molecule has 4 rings (SSSR count). The molecular weight excluding hydrogens is 876 g/mol. The summed E-state index contributed by atoms with van der Waals surface area (Å²) < 4.78 is 80.5. The molecule has 0 bridgehead atoms. The highest BCUT2D eigenvalue weighted by Crippen LogP contribution is 2.38. The van der Waals surface area contributed by atoms with Gasteiger partial charge in [0.1, 0.15) is 37.1 Å². The van der Waals surface area contributed by atoms with Crippen LogP contribution in [0.15, 0.2) is 30.3 Å². The van der Waals surface area contributed by atoms with E-state index in [-0.39, 0.29) is 13.2 Å². The van der Waals surface area contributed by atoms with Gasteiger partial charge in [-0.25, -0.2) is 0 Å². The fraction of sp³-hybridized carbons (Fsp3) is 0.659. The van der Waals surface area contributed by atoms with Crippen molar-refractivity contribution < 1.29 is 115 Å². The van der Waals surface area contributed by atoms with Crippen LogP contribution >= 0.6 is 0 Å². The van der Waals surface area contributed by atoms with Gasteiger partial charge in [-0.15, -0.1) is 0 Å². The van der Waals surface area contributed by atoms with Gasteiger partial charge in [-0.05, 0) is 5.56 Å². The van der Waals surface area contributed by atoms with Crippen molar-refractivity contribution in [2.24, 2.45) is 0 Å². The van der Waals surface area contributed by atoms with Gasteiger partial charge in [-0.3, -0.25) is 38.4 Å². The highest BCUT2D eigenvalue weighted by Gasteiger charge is 2.59. The first kappa shape index (κ1) is 52.3. The summed E-state index contributed by atoms with van der Waals surface area (Å²) in [5.41, 5.74) is 0.731. The molecule has 0 spiro atoms. The van der Waals surface area contributed by atoms with Crippen LogP contribution in [0.1, 0.15) is 61.0 Å². The molecule has 1 aromatic rings. The molecule has 24 nitrogen and oxygen atoms in total. The number of ether oxygens (including phenoxy) is 14. The first-order valence-electron chi connectivity index (χ1n) is 20.2. The van der Waals surface area contributed by atoms with Crippen molar-refractivity contribution in [1.29, 1.82) is 0 Å². The van der Waals surface area contributed by atoms with E-state index in [1.54, 1.807) is 30.3 Å². The topological polar surface area (TPSA) is 306 Å². The Hall–Kier alpha value is -5.34. The number of hydrogen-bond donors (Lipinski definition) is 2. The Morgan fingerprint density at radius 1 is 0.462 bits per heavy atom. The van der Waals surface area contributed by atoms with Gasteiger partial charge in [-0.2, -0.15) is 0 Å². The molecule has 0 radical (unpaired) electrons. The maximum atomic E-state index is 12.9. The lowest BCUT2D eigenvalue weighted by molar-refractivity contribution is -0.380. The number of aliphatic hydroxyl groups excluding tert-OH is 2. The number of esters is 8. The number of benzene rings is 1. The maximum absolute atomic E-state index is 12.9. The molecule has 0 saturated carbocycles. The summed E-state index contributed by atoms with van der Waals surface area (Å²) in [5.74, 6) is -7.53.